The molecule has 1 aromatic heterocycles. The van der Waals surface area contributed by atoms with Crippen molar-refractivity contribution in [2.75, 3.05) is 18.0 Å². The summed E-state index contributed by atoms with van der Waals surface area (Å²) in [4.78, 5) is 2.22. The second-order valence-electron chi connectivity index (χ2n) is 4.02. The lowest BCUT2D eigenvalue weighted by molar-refractivity contribution is 0.729. The molecule has 1 aromatic rings. The van der Waals surface area contributed by atoms with E-state index in [4.69, 9.17) is 17.3 Å². The molecule has 2 heterocycles. The minimum absolute atomic E-state index is 0. The molecule has 1 saturated heterocycles. The number of nitrogens with zero attached hydrogens (tertiary/aromatic N) is 3. The molecule has 3 rings (SSSR count). The van der Waals surface area contributed by atoms with Gasteiger partial charge in [-0.05, 0) is 24.0 Å². The van der Waals surface area contributed by atoms with Crippen molar-refractivity contribution in [3.05, 3.63) is 17.3 Å². The molecule has 0 amide bonds. The number of rotatable bonds is 1. The van der Waals surface area contributed by atoms with E-state index in [0.717, 1.165) is 18.9 Å². The third kappa shape index (κ3) is 1.77. The number of nitrogens with two attached hydrogens (primary N) is 1. The van der Waals surface area contributed by atoms with Crippen molar-refractivity contribution >= 4 is 29.8 Å². The van der Waals surface area contributed by atoms with Gasteiger partial charge in [-0.1, -0.05) is 11.6 Å². The highest BCUT2D eigenvalue weighted by atomic mass is 35.5. The summed E-state index contributed by atoms with van der Waals surface area (Å²) in [6, 6.07) is 4.10. The second kappa shape index (κ2) is 3.77. The molecule has 1 aliphatic carbocycles. The SMILES string of the molecule is Cl.NC1C2CN(c3ccc(Cl)nn3)CC12. The molecular weight excluding hydrogens is 235 g/mol. The summed E-state index contributed by atoms with van der Waals surface area (Å²) in [5.41, 5.74) is 5.85. The third-order valence-electron chi connectivity index (χ3n) is 3.20. The van der Waals surface area contributed by atoms with Crippen LogP contribution in [0.4, 0.5) is 5.82 Å². The van der Waals surface area contributed by atoms with Crippen LogP contribution in [0.3, 0.4) is 0 Å². The Morgan fingerprint density at radius 3 is 2.47 bits per heavy atom. The fraction of sp³-hybridized carbons (Fsp3) is 0.556. The first-order valence-electron chi connectivity index (χ1n) is 4.75. The molecule has 82 valence electrons. The van der Waals surface area contributed by atoms with E-state index in [2.05, 4.69) is 15.1 Å². The van der Waals surface area contributed by atoms with Crippen molar-refractivity contribution in [3.8, 4) is 0 Å². The lowest BCUT2D eigenvalue weighted by Crippen LogP contribution is -2.28. The fourth-order valence-corrected chi connectivity index (χ4v) is 2.34. The zero-order valence-electron chi connectivity index (χ0n) is 8.01. The maximum absolute atomic E-state index is 5.85. The van der Waals surface area contributed by atoms with E-state index >= 15 is 0 Å². The van der Waals surface area contributed by atoms with E-state index in [1.54, 1.807) is 6.07 Å². The van der Waals surface area contributed by atoms with Gasteiger partial charge in [0.1, 0.15) is 0 Å². The molecule has 2 unspecified atom stereocenters. The number of halogens is 2. The van der Waals surface area contributed by atoms with Gasteiger partial charge in [-0.2, -0.15) is 0 Å². The average molecular weight is 247 g/mol. The van der Waals surface area contributed by atoms with Gasteiger partial charge in [0.15, 0.2) is 11.0 Å². The van der Waals surface area contributed by atoms with E-state index in [-0.39, 0.29) is 12.4 Å². The molecule has 1 aliphatic heterocycles. The van der Waals surface area contributed by atoms with Gasteiger partial charge in [-0.25, -0.2) is 0 Å². The van der Waals surface area contributed by atoms with Crippen molar-refractivity contribution in [1.29, 1.82) is 0 Å². The summed E-state index contributed by atoms with van der Waals surface area (Å²) in [6.45, 7) is 2.03. The van der Waals surface area contributed by atoms with Crippen LogP contribution in [-0.4, -0.2) is 29.3 Å². The van der Waals surface area contributed by atoms with Gasteiger partial charge in [0.25, 0.3) is 0 Å². The molecule has 6 heteroatoms. The third-order valence-corrected chi connectivity index (χ3v) is 3.40. The van der Waals surface area contributed by atoms with E-state index in [9.17, 15) is 0 Å². The fourth-order valence-electron chi connectivity index (χ4n) is 2.24. The summed E-state index contributed by atoms with van der Waals surface area (Å²) >= 11 is 5.67. The molecule has 15 heavy (non-hydrogen) atoms. The van der Waals surface area contributed by atoms with Gasteiger partial charge in [-0.3, -0.25) is 0 Å². The van der Waals surface area contributed by atoms with E-state index in [0.29, 0.717) is 23.0 Å². The van der Waals surface area contributed by atoms with Crippen LogP contribution in [0.1, 0.15) is 0 Å². The summed E-state index contributed by atoms with van der Waals surface area (Å²) in [7, 11) is 0. The van der Waals surface area contributed by atoms with E-state index < -0.39 is 0 Å². The quantitative estimate of drug-likeness (QED) is 0.802. The van der Waals surface area contributed by atoms with Crippen LogP contribution in [0.5, 0.6) is 0 Å². The largest absolute Gasteiger partial charge is 0.354 e. The van der Waals surface area contributed by atoms with Gasteiger partial charge in [-0.15, -0.1) is 22.6 Å². The number of fused-ring (bicyclic) bond motifs is 1. The zero-order chi connectivity index (χ0) is 9.71. The molecule has 2 N–H and O–H groups in total. The normalized spacial score (nSPS) is 32.1. The molecule has 0 aromatic carbocycles. The molecule has 2 fully saturated rings. The van der Waals surface area contributed by atoms with E-state index in [1.165, 1.54) is 0 Å². The molecule has 0 bridgehead atoms. The first-order chi connectivity index (χ1) is 6.75. The van der Waals surface area contributed by atoms with Gasteiger partial charge in [0, 0.05) is 19.1 Å². The predicted molar refractivity (Wildman–Crippen MR) is 61.5 cm³/mol. The number of piperidine rings is 1. The molecule has 2 atom stereocenters. The van der Waals surface area contributed by atoms with Crippen LogP contribution in [-0.2, 0) is 0 Å². The highest BCUT2D eigenvalue weighted by Gasteiger charge is 2.53. The maximum Gasteiger partial charge on any atom is 0.151 e. The van der Waals surface area contributed by atoms with E-state index in [1.807, 2.05) is 6.07 Å². The van der Waals surface area contributed by atoms with Crippen LogP contribution in [0.15, 0.2) is 12.1 Å². The molecule has 0 radical (unpaired) electrons. The molecule has 4 nitrogen and oxygen atoms in total. The van der Waals surface area contributed by atoms with Crippen LogP contribution >= 0.6 is 24.0 Å². The number of anilines is 1. The monoisotopic (exact) mass is 246 g/mol. The predicted octanol–water partition coefficient (Wildman–Crippen LogP) is 0.945. The van der Waals surface area contributed by atoms with Crippen LogP contribution in [0.25, 0.3) is 0 Å². The van der Waals surface area contributed by atoms with Crippen molar-refractivity contribution in [1.82, 2.24) is 10.2 Å². The molecule has 0 spiro atoms. The first-order valence-corrected chi connectivity index (χ1v) is 5.13. The smallest absolute Gasteiger partial charge is 0.151 e. The summed E-state index contributed by atoms with van der Waals surface area (Å²) in [5.74, 6) is 2.26. The summed E-state index contributed by atoms with van der Waals surface area (Å²) < 4.78 is 0. The lowest BCUT2D eigenvalue weighted by atomic mass is 10.4. The van der Waals surface area contributed by atoms with Crippen LogP contribution in [0, 0.1) is 11.8 Å². The van der Waals surface area contributed by atoms with Gasteiger partial charge < -0.3 is 10.6 Å². The first kappa shape index (κ1) is 10.9. The molecular formula is C9H12Cl2N4. The summed E-state index contributed by atoms with van der Waals surface area (Å²) in [6.07, 6.45) is 0. The highest BCUT2D eigenvalue weighted by molar-refractivity contribution is 6.29. The standard InChI is InChI=1S/C9H11ClN4.ClH/c10-7-1-2-8(13-12-7)14-3-5-6(4-14)9(5)11;/h1-2,5-6,9H,3-4,11H2;1H. The minimum Gasteiger partial charge on any atom is -0.354 e. The Morgan fingerprint density at radius 1 is 1.27 bits per heavy atom. The molecule has 1 saturated carbocycles. The van der Waals surface area contributed by atoms with Crippen LogP contribution < -0.4 is 10.6 Å². The Hall–Kier alpha value is -0.580. The maximum atomic E-state index is 5.85. The van der Waals surface area contributed by atoms with Gasteiger partial charge in [0.05, 0.1) is 0 Å². The Balaban J connectivity index is 0.000000853. The topological polar surface area (TPSA) is 55.0 Å². The Labute approximate surface area is 99.2 Å². The van der Waals surface area contributed by atoms with Crippen molar-refractivity contribution in [3.63, 3.8) is 0 Å². The minimum atomic E-state index is 0. The zero-order valence-corrected chi connectivity index (χ0v) is 9.58. The second-order valence-corrected chi connectivity index (χ2v) is 4.41. The van der Waals surface area contributed by atoms with Gasteiger partial charge >= 0.3 is 0 Å². The van der Waals surface area contributed by atoms with Crippen molar-refractivity contribution in [2.45, 2.75) is 6.04 Å². The Morgan fingerprint density at radius 2 is 1.93 bits per heavy atom. The molecule has 2 aliphatic rings. The number of hydrogen-bond donors (Lipinski definition) is 1. The highest BCUT2D eigenvalue weighted by Crippen LogP contribution is 2.44. The van der Waals surface area contributed by atoms with Crippen molar-refractivity contribution < 1.29 is 0 Å². The van der Waals surface area contributed by atoms with Crippen LogP contribution in [0.2, 0.25) is 5.15 Å². The Bertz CT molecular complexity index is 344. The lowest BCUT2D eigenvalue weighted by Gasteiger charge is -2.18. The Kier molecular flexibility index (Phi) is 2.75. The number of hydrogen-bond acceptors (Lipinski definition) is 4. The number of aromatic nitrogens is 2. The van der Waals surface area contributed by atoms with Crippen molar-refractivity contribution in [2.24, 2.45) is 17.6 Å². The van der Waals surface area contributed by atoms with Gasteiger partial charge in [0.2, 0.25) is 0 Å². The summed E-state index contributed by atoms with van der Waals surface area (Å²) in [5, 5.41) is 8.31. The average Bonchev–Trinajstić information content (AvgIpc) is 2.66.